The van der Waals surface area contributed by atoms with Crippen LogP contribution in [0.25, 0.3) is 0 Å². The highest BCUT2D eigenvalue weighted by atomic mass is 32.2. The van der Waals surface area contributed by atoms with Crippen molar-refractivity contribution in [3.05, 3.63) is 17.2 Å². The van der Waals surface area contributed by atoms with Crippen LogP contribution < -0.4 is 5.73 Å². The molecule has 0 atom stereocenters. The SMILES string of the molecule is COCCSc1nc(N)c(C#N)cc1C#N. The molecule has 2 N–H and O–H groups in total. The maximum atomic E-state index is 8.90. The molecule has 82 valence electrons. The fourth-order valence-corrected chi connectivity index (χ4v) is 1.88. The van der Waals surface area contributed by atoms with E-state index in [0.29, 0.717) is 22.9 Å². The first-order chi connectivity index (χ1) is 7.72. The van der Waals surface area contributed by atoms with Gasteiger partial charge in [0.15, 0.2) is 0 Å². The van der Waals surface area contributed by atoms with E-state index >= 15 is 0 Å². The maximum Gasteiger partial charge on any atom is 0.142 e. The molecule has 0 spiro atoms. The number of nitrogens with zero attached hydrogens (tertiary/aromatic N) is 3. The number of ether oxygens (including phenoxy) is 1. The number of aromatic nitrogens is 1. The number of nitriles is 2. The summed E-state index contributed by atoms with van der Waals surface area (Å²) in [4.78, 5) is 4.03. The van der Waals surface area contributed by atoms with Gasteiger partial charge in [0.1, 0.15) is 23.0 Å². The molecule has 1 heterocycles. The van der Waals surface area contributed by atoms with Gasteiger partial charge in [-0.3, -0.25) is 0 Å². The quantitative estimate of drug-likeness (QED) is 0.620. The first-order valence-corrected chi connectivity index (χ1v) is 5.44. The summed E-state index contributed by atoms with van der Waals surface area (Å²) in [6.45, 7) is 0.567. The Labute approximate surface area is 97.8 Å². The van der Waals surface area contributed by atoms with Gasteiger partial charge < -0.3 is 10.5 Å². The minimum Gasteiger partial charge on any atom is -0.384 e. The summed E-state index contributed by atoms with van der Waals surface area (Å²) in [5, 5.41) is 18.2. The highest BCUT2D eigenvalue weighted by Gasteiger charge is 2.09. The van der Waals surface area contributed by atoms with Gasteiger partial charge in [-0.1, -0.05) is 0 Å². The minimum atomic E-state index is 0.154. The fraction of sp³-hybridized carbons (Fsp3) is 0.300. The van der Waals surface area contributed by atoms with Crippen molar-refractivity contribution >= 4 is 17.6 Å². The van der Waals surface area contributed by atoms with Crippen molar-refractivity contribution in [1.82, 2.24) is 4.98 Å². The van der Waals surface area contributed by atoms with Crippen LogP contribution in [0.3, 0.4) is 0 Å². The normalized spacial score (nSPS) is 9.44. The van der Waals surface area contributed by atoms with Crippen LogP contribution in [-0.4, -0.2) is 24.5 Å². The number of pyridine rings is 1. The van der Waals surface area contributed by atoms with E-state index in [9.17, 15) is 0 Å². The molecule has 0 fully saturated rings. The van der Waals surface area contributed by atoms with Crippen LogP contribution >= 0.6 is 11.8 Å². The fourth-order valence-electron chi connectivity index (χ4n) is 1.01. The molecule has 0 unspecified atom stereocenters. The average molecular weight is 234 g/mol. The Morgan fingerprint density at radius 3 is 2.69 bits per heavy atom. The number of hydrogen-bond donors (Lipinski definition) is 1. The number of nitrogens with two attached hydrogens (primary N) is 1. The van der Waals surface area contributed by atoms with Crippen LogP contribution in [0, 0.1) is 22.7 Å². The summed E-state index contributed by atoms with van der Waals surface area (Å²) in [6, 6.07) is 5.34. The molecule has 0 aromatic carbocycles. The molecule has 0 radical (unpaired) electrons. The van der Waals surface area contributed by atoms with Gasteiger partial charge in [0.2, 0.25) is 0 Å². The molecule has 5 nitrogen and oxygen atoms in total. The molecule has 0 saturated carbocycles. The van der Waals surface area contributed by atoms with Gasteiger partial charge in [0.25, 0.3) is 0 Å². The lowest BCUT2D eigenvalue weighted by Crippen LogP contribution is -2.00. The predicted octanol–water partition coefficient (Wildman–Crippen LogP) is 1.15. The number of thioether (sulfide) groups is 1. The molecule has 0 amide bonds. The highest BCUT2D eigenvalue weighted by Crippen LogP contribution is 2.23. The van der Waals surface area contributed by atoms with Crippen molar-refractivity contribution in [3.63, 3.8) is 0 Å². The van der Waals surface area contributed by atoms with Gasteiger partial charge in [-0.15, -0.1) is 11.8 Å². The lowest BCUT2D eigenvalue weighted by atomic mass is 10.2. The van der Waals surface area contributed by atoms with Crippen LogP contribution in [0.1, 0.15) is 11.1 Å². The van der Waals surface area contributed by atoms with Crippen LogP contribution in [0.5, 0.6) is 0 Å². The van der Waals surface area contributed by atoms with Gasteiger partial charge in [-0.2, -0.15) is 10.5 Å². The second kappa shape index (κ2) is 5.96. The van der Waals surface area contributed by atoms with E-state index < -0.39 is 0 Å². The molecular formula is C10H10N4OS. The van der Waals surface area contributed by atoms with Gasteiger partial charge in [0, 0.05) is 12.9 Å². The second-order valence-corrected chi connectivity index (χ2v) is 3.92. The largest absolute Gasteiger partial charge is 0.384 e. The minimum absolute atomic E-state index is 0.154. The van der Waals surface area contributed by atoms with Crippen molar-refractivity contribution in [2.75, 3.05) is 25.2 Å². The third kappa shape index (κ3) is 2.86. The molecule has 1 aromatic heterocycles. The standard InChI is InChI=1S/C10H10N4OS/c1-15-2-3-16-10-8(6-12)4-7(5-11)9(13)14-10/h4H,2-3H2,1H3,(H2,13,14). The van der Waals surface area contributed by atoms with Crippen molar-refractivity contribution in [2.24, 2.45) is 0 Å². The van der Waals surface area contributed by atoms with Crippen LogP contribution in [0.2, 0.25) is 0 Å². The molecule has 0 aliphatic rings. The van der Waals surface area contributed by atoms with Gasteiger partial charge in [0.05, 0.1) is 17.7 Å². The molecule has 1 rings (SSSR count). The molecule has 0 aliphatic heterocycles. The predicted molar refractivity (Wildman–Crippen MR) is 60.7 cm³/mol. The number of rotatable bonds is 4. The van der Waals surface area contributed by atoms with Crippen LogP contribution in [0.4, 0.5) is 5.82 Å². The average Bonchev–Trinajstić information content (AvgIpc) is 2.30. The summed E-state index contributed by atoms with van der Waals surface area (Å²) in [5.74, 6) is 0.838. The van der Waals surface area contributed by atoms with Gasteiger partial charge in [-0.05, 0) is 6.07 Å². The first kappa shape index (κ1) is 12.3. The third-order valence-corrected chi connectivity index (χ3v) is 2.74. The van der Waals surface area contributed by atoms with E-state index in [-0.39, 0.29) is 11.4 Å². The summed E-state index contributed by atoms with van der Waals surface area (Å²) in [7, 11) is 1.60. The van der Waals surface area contributed by atoms with E-state index in [1.165, 1.54) is 17.8 Å². The topological polar surface area (TPSA) is 95.7 Å². The van der Waals surface area contributed by atoms with Crippen LogP contribution in [0.15, 0.2) is 11.1 Å². The summed E-state index contributed by atoms with van der Waals surface area (Å²) >= 11 is 1.38. The first-order valence-electron chi connectivity index (χ1n) is 4.45. The molecule has 16 heavy (non-hydrogen) atoms. The third-order valence-electron chi connectivity index (χ3n) is 1.78. The zero-order chi connectivity index (χ0) is 12.0. The Kier molecular flexibility index (Phi) is 4.59. The number of nitrogen functional groups attached to an aromatic ring is 1. The summed E-state index contributed by atoms with van der Waals surface area (Å²) < 4.78 is 4.90. The van der Waals surface area contributed by atoms with Crippen LogP contribution in [-0.2, 0) is 4.74 Å². The highest BCUT2D eigenvalue weighted by molar-refractivity contribution is 7.99. The van der Waals surface area contributed by atoms with Crippen molar-refractivity contribution < 1.29 is 4.74 Å². The zero-order valence-electron chi connectivity index (χ0n) is 8.73. The number of anilines is 1. The Balaban J connectivity index is 2.97. The Bertz CT molecular complexity index is 461. The van der Waals surface area contributed by atoms with E-state index in [1.54, 1.807) is 7.11 Å². The van der Waals surface area contributed by atoms with E-state index in [2.05, 4.69) is 4.98 Å². The molecule has 6 heteroatoms. The Morgan fingerprint density at radius 2 is 2.12 bits per heavy atom. The zero-order valence-corrected chi connectivity index (χ0v) is 9.54. The van der Waals surface area contributed by atoms with E-state index in [1.807, 2.05) is 12.1 Å². The number of hydrogen-bond acceptors (Lipinski definition) is 6. The lowest BCUT2D eigenvalue weighted by Gasteiger charge is -2.04. The smallest absolute Gasteiger partial charge is 0.142 e. The Hall–Kier alpha value is -1.76. The summed E-state index contributed by atoms with van der Waals surface area (Å²) in [5.41, 5.74) is 6.17. The van der Waals surface area contributed by atoms with Crippen molar-refractivity contribution in [1.29, 1.82) is 10.5 Å². The second-order valence-electron chi connectivity index (χ2n) is 2.84. The molecule has 1 aromatic rings. The molecule has 0 aliphatic carbocycles. The Morgan fingerprint density at radius 1 is 1.44 bits per heavy atom. The molecular weight excluding hydrogens is 224 g/mol. The maximum absolute atomic E-state index is 8.90. The van der Waals surface area contributed by atoms with Crippen molar-refractivity contribution in [3.8, 4) is 12.1 Å². The summed E-state index contributed by atoms with van der Waals surface area (Å²) in [6.07, 6.45) is 0. The lowest BCUT2D eigenvalue weighted by molar-refractivity contribution is 0.218. The van der Waals surface area contributed by atoms with Gasteiger partial charge in [-0.25, -0.2) is 4.98 Å². The number of methoxy groups -OCH3 is 1. The van der Waals surface area contributed by atoms with Gasteiger partial charge >= 0.3 is 0 Å². The van der Waals surface area contributed by atoms with E-state index in [0.717, 1.165) is 0 Å². The molecule has 0 saturated heterocycles. The monoisotopic (exact) mass is 234 g/mol. The molecule has 0 bridgehead atoms. The van der Waals surface area contributed by atoms with Crippen molar-refractivity contribution in [2.45, 2.75) is 5.03 Å². The van der Waals surface area contributed by atoms with E-state index in [4.69, 9.17) is 21.0 Å².